The predicted octanol–water partition coefficient (Wildman–Crippen LogP) is 4.75. The van der Waals surface area contributed by atoms with E-state index in [0.29, 0.717) is 6.42 Å². The van der Waals surface area contributed by atoms with Gasteiger partial charge in [0.25, 0.3) is 0 Å². The van der Waals surface area contributed by atoms with Gasteiger partial charge in [-0.15, -0.1) is 0 Å². The molecule has 2 N–H and O–H groups in total. The first-order chi connectivity index (χ1) is 11.5. The van der Waals surface area contributed by atoms with E-state index in [2.05, 4.69) is 68.5 Å². The molecule has 0 radical (unpaired) electrons. The second-order valence-corrected chi connectivity index (χ2v) is 7.23. The van der Waals surface area contributed by atoms with Gasteiger partial charge in [0.15, 0.2) is 0 Å². The lowest BCUT2D eigenvalue weighted by molar-refractivity contribution is -0.116. The normalized spacial score (nSPS) is 17.1. The number of aromatic nitrogens is 1. The zero-order chi connectivity index (χ0) is 16.8. The van der Waals surface area contributed by atoms with Gasteiger partial charge in [-0.3, -0.25) is 4.79 Å². The molecule has 0 spiro atoms. The van der Waals surface area contributed by atoms with Crippen molar-refractivity contribution in [1.82, 2.24) is 4.57 Å². The van der Waals surface area contributed by atoms with Crippen molar-refractivity contribution in [2.75, 3.05) is 10.6 Å². The maximum absolute atomic E-state index is 12.0. The first kappa shape index (κ1) is 15.3. The van der Waals surface area contributed by atoms with Crippen LogP contribution in [0.25, 0.3) is 22.2 Å². The van der Waals surface area contributed by atoms with Crippen LogP contribution in [-0.4, -0.2) is 16.5 Å². The fraction of sp³-hybridized carbons (Fsp3) is 0.211. The highest BCUT2D eigenvalue weighted by atomic mass is 79.9. The minimum atomic E-state index is 0.0480. The molecule has 0 aliphatic carbocycles. The van der Waals surface area contributed by atoms with Crippen LogP contribution in [0.4, 0.5) is 11.4 Å². The van der Waals surface area contributed by atoms with E-state index in [-0.39, 0.29) is 11.9 Å². The average molecular weight is 384 g/mol. The second kappa shape index (κ2) is 5.67. The standard InChI is InChI=1S/C19H18BrN3O/c1-11-8-18(24)22-15-5-3-4-14(19(15)21-11)17-9-12-6-7-13(20)10-16(12)23(17)2/h3-7,9-11,21H,8H2,1-2H3,(H,22,24)/t11-/m1/s1. The lowest BCUT2D eigenvalue weighted by atomic mass is 10.1. The minimum absolute atomic E-state index is 0.0480. The molecule has 0 bridgehead atoms. The molecule has 0 saturated carbocycles. The highest BCUT2D eigenvalue weighted by Crippen LogP contribution is 2.38. The van der Waals surface area contributed by atoms with Crippen LogP contribution in [0.1, 0.15) is 13.3 Å². The summed E-state index contributed by atoms with van der Waals surface area (Å²) in [6.45, 7) is 2.03. The molecule has 1 atom stereocenters. The summed E-state index contributed by atoms with van der Waals surface area (Å²) in [4.78, 5) is 12.0. The van der Waals surface area contributed by atoms with E-state index in [1.807, 2.05) is 19.1 Å². The average Bonchev–Trinajstić information content (AvgIpc) is 2.76. The Morgan fingerprint density at radius 3 is 2.88 bits per heavy atom. The van der Waals surface area contributed by atoms with E-state index in [1.54, 1.807) is 0 Å². The third kappa shape index (κ3) is 2.49. The number of carbonyl (C=O) groups excluding carboxylic acids is 1. The number of amides is 1. The minimum Gasteiger partial charge on any atom is -0.380 e. The number of fused-ring (bicyclic) bond motifs is 2. The molecule has 0 unspecified atom stereocenters. The maximum atomic E-state index is 12.0. The van der Waals surface area contributed by atoms with Gasteiger partial charge in [-0.25, -0.2) is 0 Å². The Hall–Kier alpha value is -2.27. The molecule has 122 valence electrons. The Morgan fingerprint density at radius 2 is 2.04 bits per heavy atom. The lowest BCUT2D eigenvalue weighted by Crippen LogP contribution is -2.19. The van der Waals surface area contributed by atoms with Crippen LogP contribution in [0, 0.1) is 0 Å². The number of nitrogens with zero attached hydrogens (tertiary/aromatic N) is 1. The van der Waals surface area contributed by atoms with E-state index in [9.17, 15) is 4.79 Å². The van der Waals surface area contributed by atoms with Gasteiger partial charge >= 0.3 is 0 Å². The number of hydrogen-bond donors (Lipinski definition) is 2. The van der Waals surface area contributed by atoms with Gasteiger partial charge in [-0.2, -0.15) is 0 Å². The fourth-order valence-corrected chi connectivity index (χ4v) is 3.71. The van der Waals surface area contributed by atoms with Crippen molar-refractivity contribution in [3.8, 4) is 11.3 Å². The van der Waals surface area contributed by atoms with Crippen molar-refractivity contribution in [1.29, 1.82) is 0 Å². The van der Waals surface area contributed by atoms with Crippen LogP contribution in [0.15, 0.2) is 46.9 Å². The van der Waals surface area contributed by atoms with E-state index in [1.165, 1.54) is 10.9 Å². The van der Waals surface area contributed by atoms with Gasteiger partial charge in [0.05, 0.1) is 17.1 Å². The van der Waals surface area contributed by atoms with Gasteiger partial charge in [0.1, 0.15) is 0 Å². The molecule has 3 aromatic rings. The topological polar surface area (TPSA) is 46.1 Å². The van der Waals surface area contributed by atoms with Gasteiger partial charge in [0, 0.05) is 40.4 Å². The van der Waals surface area contributed by atoms with Gasteiger partial charge in [-0.05, 0) is 31.2 Å². The van der Waals surface area contributed by atoms with Crippen LogP contribution in [0.3, 0.4) is 0 Å². The summed E-state index contributed by atoms with van der Waals surface area (Å²) in [5.41, 5.74) is 5.21. The molecule has 2 aromatic carbocycles. The molecule has 0 fully saturated rings. The fourth-order valence-electron chi connectivity index (χ4n) is 3.36. The van der Waals surface area contributed by atoms with Gasteiger partial charge in [-0.1, -0.05) is 34.1 Å². The number of para-hydroxylation sites is 1. The zero-order valence-corrected chi connectivity index (χ0v) is 15.1. The summed E-state index contributed by atoms with van der Waals surface area (Å²) >= 11 is 3.54. The number of aryl methyl sites for hydroxylation is 1. The monoisotopic (exact) mass is 383 g/mol. The maximum Gasteiger partial charge on any atom is 0.226 e. The van der Waals surface area contributed by atoms with Crippen LogP contribution in [0.5, 0.6) is 0 Å². The Labute approximate surface area is 149 Å². The number of hydrogen-bond acceptors (Lipinski definition) is 2. The van der Waals surface area contributed by atoms with E-state index in [4.69, 9.17) is 0 Å². The first-order valence-electron chi connectivity index (χ1n) is 7.97. The summed E-state index contributed by atoms with van der Waals surface area (Å²) in [5, 5.41) is 7.70. The number of anilines is 2. The highest BCUT2D eigenvalue weighted by Gasteiger charge is 2.21. The lowest BCUT2D eigenvalue weighted by Gasteiger charge is -2.17. The summed E-state index contributed by atoms with van der Waals surface area (Å²) in [6.07, 6.45) is 0.468. The predicted molar refractivity (Wildman–Crippen MR) is 102 cm³/mol. The summed E-state index contributed by atoms with van der Waals surface area (Å²) in [7, 11) is 2.07. The third-order valence-electron chi connectivity index (χ3n) is 4.50. The van der Waals surface area contributed by atoms with Crippen molar-refractivity contribution in [2.45, 2.75) is 19.4 Å². The number of benzene rings is 2. The Bertz CT molecular complexity index is 961. The smallest absolute Gasteiger partial charge is 0.226 e. The molecular weight excluding hydrogens is 366 g/mol. The quantitative estimate of drug-likeness (QED) is 0.636. The molecule has 1 aromatic heterocycles. The van der Waals surface area contributed by atoms with E-state index >= 15 is 0 Å². The molecule has 1 aliphatic heterocycles. The molecule has 1 aliphatic rings. The molecule has 1 amide bonds. The van der Waals surface area contributed by atoms with Crippen molar-refractivity contribution in [2.24, 2.45) is 7.05 Å². The number of halogens is 1. The van der Waals surface area contributed by atoms with Crippen LogP contribution in [0.2, 0.25) is 0 Å². The Kier molecular flexibility index (Phi) is 3.61. The van der Waals surface area contributed by atoms with Crippen molar-refractivity contribution in [3.05, 3.63) is 46.9 Å². The van der Waals surface area contributed by atoms with Crippen LogP contribution in [-0.2, 0) is 11.8 Å². The number of carbonyl (C=O) groups is 1. The highest BCUT2D eigenvalue weighted by molar-refractivity contribution is 9.10. The van der Waals surface area contributed by atoms with E-state index < -0.39 is 0 Å². The number of rotatable bonds is 1. The van der Waals surface area contributed by atoms with Gasteiger partial charge in [0.2, 0.25) is 5.91 Å². The molecule has 0 saturated heterocycles. The largest absolute Gasteiger partial charge is 0.380 e. The molecule has 5 heteroatoms. The van der Waals surface area contributed by atoms with Crippen molar-refractivity contribution < 1.29 is 4.79 Å². The summed E-state index contributed by atoms with van der Waals surface area (Å²) in [5.74, 6) is 0.0480. The van der Waals surface area contributed by atoms with Crippen LogP contribution >= 0.6 is 15.9 Å². The van der Waals surface area contributed by atoms with Crippen LogP contribution < -0.4 is 10.6 Å². The Morgan fingerprint density at radius 1 is 1.21 bits per heavy atom. The van der Waals surface area contributed by atoms with Crippen molar-refractivity contribution >= 4 is 44.1 Å². The molecule has 24 heavy (non-hydrogen) atoms. The first-order valence-corrected chi connectivity index (χ1v) is 8.77. The van der Waals surface area contributed by atoms with Crippen molar-refractivity contribution in [3.63, 3.8) is 0 Å². The Balaban J connectivity index is 1.94. The molecule has 4 nitrogen and oxygen atoms in total. The molecule has 4 rings (SSSR count). The van der Waals surface area contributed by atoms with E-state index in [0.717, 1.165) is 27.1 Å². The summed E-state index contributed by atoms with van der Waals surface area (Å²) in [6, 6.07) is 14.6. The number of nitrogens with one attached hydrogen (secondary N) is 2. The third-order valence-corrected chi connectivity index (χ3v) is 5.00. The SMILES string of the molecule is C[C@@H]1CC(=O)Nc2cccc(-c3cc4ccc(Br)cc4n3C)c2N1. The van der Waals surface area contributed by atoms with Gasteiger partial charge < -0.3 is 15.2 Å². The molecule has 2 heterocycles. The summed E-state index contributed by atoms with van der Waals surface area (Å²) < 4.78 is 3.25. The zero-order valence-electron chi connectivity index (χ0n) is 13.6. The second-order valence-electron chi connectivity index (χ2n) is 6.32. The molecular formula is C19H18BrN3O.